The van der Waals surface area contributed by atoms with Crippen LogP contribution in [0.4, 0.5) is 0 Å². The maximum absolute atomic E-state index is 12.7. The molecule has 0 spiro atoms. The van der Waals surface area contributed by atoms with Crippen molar-refractivity contribution in [2.75, 3.05) is 33.4 Å². The molecule has 0 aliphatic rings. The molecule has 6 nitrogen and oxygen atoms in total. The maximum atomic E-state index is 12.7. The summed E-state index contributed by atoms with van der Waals surface area (Å²) in [6.45, 7) is 9.22. The van der Waals surface area contributed by atoms with Gasteiger partial charge in [0.05, 0.1) is 18.1 Å². The highest BCUT2D eigenvalue weighted by Gasteiger charge is 2.28. The second-order valence-electron chi connectivity index (χ2n) is 6.10. The standard InChI is InChI=1S/C16H28N2O4S.ClH/c1-6-21-14-9-8-13(10-15(14)22-7-2)23(19,20)18(5)12-16(3,4)11-17;/h8-10H,6-7,11-12,17H2,1-5H3;1H. The van der Waals surface area contributed by atoms with Gasteiger partial charge in [-0.1, -0.05) is 13.8 Å². The van der Waals surface area contributed by atoms with E-state index in [1.807, 2.05) is 27.7 Å². The van der Waals surface area contributed by atoms with Crippen LogP contribution in [-0.4, -0.2) is 46.1 Å². The smallest absolute Gasteiger partial charge is 0.242 e. The molecule has 0 amide bonds. The topological polar surface area (TPSA) is 81.9 Å². The van der Waals surface area contributed by atoms with Gasteiger partial charge in [-0.15, -0.1) is 12.4 Å². The van der Waals surface area contributed by atoms with E-state index in [0.29, 0.717) is 37.8 Å². The second kappa shape index (κ2) is 9.46. The molecule has 0 unspecified atom stereocenters. The lowest BCUT2D eigenvalue weighted by atomic mass is 9.94. The predicted molar refractivity (Wildman–Crippen MR) is 98.7 cm³/mol. The largest absolute Gasteiger partial charge is 0.490 e. The van der Waals surface area contributed by atoms with Gasteiger partial charge in [0.1, 0.15) is 0 Å². The van der Waals surface area contributed by atoms with Crippen LogP contribution in [0, 0.1) is 5.41 Å². The Bertz CT molecular complexity index is 621. The summed E-state index contributed by atoms with van der Waals surface area (Å²) >= 11 is 0. The van der Waals surface area contributed by atoms with Crippen molar-refractivity contribution in [3.63, 3.8) is 0 Å². The molecule has 0 aliphatic carbocycles. The summed E-state index contributed by atoms with van der Waals surface area (Å²) in [5, 5.41) is 0. The fraction of sp³-hybridized carbons (Fsp3) is 0.625. The molecule has 8 heteroatoms. The fourth-order valence-electron chi connectivity index (χ4n) is 2.12. The number of sulfonamides is 1. The molecule has 24 heavy (non-hydrogen) atoms. The lowest BCUT2D eigenvalue weighted by molar-refractivity contribution is 0.285. The van der Waals surface area contributed by atoms with Crippen molar-refractivity contribution in [2.45, 2.75) is 32.6 Å². The third-order valence-corrected chi connectivity index (χ3v) is 5.23. The molecule has 0 aromatic heterocycles. The summed E-state index contributed by atoms with van der Waals surface area (Å²) in [4.78, 5) is 0.180. The maximum Gasteiger partial charge on any atom is 0.242 e. The molecule has 0 aliphatic heterocycles. The van der Waals surface area contributed by atoms with E-state index in [9.17, 15) is 8.42 Å². The summed E-state index contributed by atoms with van der Waals surface area (Å²) in [7, 11) is -2.05. The molecular weight excluding hydrogens is 352 g/mol. The third-order valence-electron chi connectivity index (χ3n) is 3.43. The number of rotatable bonds is 9. The molecule has 0 saturated carbocycles. The van der Waals surface area contributed by atoms with Crippen molar-refractivity contribution in [1.29, 1.82) is 0 Å². The van der Waals surface area contributed by atoms with Crippen LogP contribution in [0.1, 0.15) is 27.7 Å². The summed E-state index contributed by atoms with van der Waals surface area (Å²) in [5.74, 6) is 0.972. The van der Waals surface area contributed by atoms with Gasteiger partial charge in [-0.25, -0.2) is 12.7 Å². The van der Waals surface area contributed by atoms with E-state index in [2.05, 4.69) is 0 Å². The summed E-state index contributed by atoms with van der Waals surface area (Å²) in [5.41, 5.74) is 5.40. The first-order valence-electron chi connectivity index (χ1n) is 7.74. The van der Waals surface area contributed by atoms with Crippen LogP contribution < -0.4 is 15.2 Å². The van der Waals surface area contributed by atoms with E-state index in [1.54, 1.807) is 13.1 Å². The quantitative estimate of drug-likeness (QED) is 0.711. The van der Waals surface area contributed by atoms with Crippen LogP contribution in [-0.2, 0) is 10.0 Å². The van der Waals surface area contributed by atoms with Crippen molar-refractivity contribution in [3.8, 4) is 11.5 Å². The molecule has 1 aromatic carbocycles. The summed E-state index contributed by atoms with van der Waals surface area (Å²) in [6.07, 6.45) is 0. The van der Waals surface area contributed by atoms with Crippen molar-refractivity contribution in [3.05, 3.63) is 18.2 Å². The molecule has 1 rings (SSSR count). The van der Waals surface area contributed by atoms with Gasteiger partial charge in [-0.2, -0.15) is 0 Å². The van der Waals surface area contributed by atoms with Crippen LogP contribution in [0.15, 0.2) is 23.1 Å². The van der Waals surface area contributed by atoms with Crippen LogP contribution >= 0.6 is 12.4 Å². The molecular formula is C16H29ClN2O4S. The zero-order valence-electron chi connectivity index (χ0n) is 15.0. The van der Waals surface area contributed by atoms with Gasteiger partial charge in [-0.05, 0) is 37.9 Å². The van der Waals surface area contributed by atoms with Gasteiger partial charge >= 0.3 is 0 Å². The summed E-state index contributed by atoms with van der Waals surface area (Å²) < 4.78 is 37.8. The van der Waals surface area contributed by atoms with E-state index in [-0.39, 0.29) is 22.7 Å². The van der Waals surface area contributed by atoms with Gasteiger partial charge in [0.2, 0.25) is 10.0 Å². The Kier molecular flexibility index (Phi) is 9.06. The Hall–Kier alpha value is -1.02. The molecule has 0 heterocycles. The average Bonchev–Trinajstić information content (AvgIpc) is 2.49. The Morgan fingerprint density at radius 2 is 1.67 bits per heavy atom. The highest BCUT2D eigenvalue weighted by atomic mass is 35.5. The van der Waals surface area contributed by atoms with Gasteiger partial charge in [0, 0.05) is 19.7 Å². The number of hydrogen-bond acceptors (Lipinski definition) is 5. The zero-order valence-corrected chi connectivity index (χ0v) is 16.7. The molecule has 0 bridgehead atoms. The van der Waals surface area contributed by atoms with Gasteiger partial charge in [-0.3, -0.25) is 0 Å². The lowest BCUT2D eigenvalue weighted by Gasteiger charge is -2.28. The minimum Gasteiger partial charge on any atom is -0.490 e. The van der Waals surface area contributed by atoms with E-state index in [1.165, 1.54) is 16.4 Å². The molecule has 1 aromatic rings. The molecule has 0 radical (unpaired) electrons. The Morgan fingerprint density at radius 1 is 1.12 bits per heavy atom. The second-order valence-corrected chi connectivity index (χ2v) is 8.15. The van der Waals surface area contributed by atoms with Gasteiger partial charge < -0.3 is 15.2 Å². The first-order valence-corrected chi connectivity index (χ1v) is 9.18. The van der Waals surface area contributed by atoms with E-state index in [4.69, 9.17) is 15.2 Å². The first-order chi connectivity index (χ1) is 10.7. The molecule has 0 fully saturated rings. The van der Waals surface area contributed by atoms with Gasteiger partial charge in [0.25, 0.3) is 0 Å². The molecule has 140 valence electrons. The van der Waals surface area contributed by atoms with E-state index in [0.717, 1.165) is 0 Å². The zero-order chi connectivity index (χ0) is 17.7. The van der Waals surface area contributed by atoms with Crippen LogP contribution in [0.3, 0.4) is 0 Å². The minimum atomic E-state index is -3.61. The number of nitrogens with zero attached hydrogens (tertiary/aromatic N) is 1. The normalized spacial score (nSPS) is 12.0. The molecule has 0 atom stereocenters. The number of nitrogens with two attached hydrogens (primary N) is 1. The highest BCUT2D eigenvalue weighted by Crippen LogP contribution is 2.31. The van der Waals surface area contributed by atoms with Crippen LogP contribution in [0.25, 0.3) is 0 Å². The Labute approximate surface area is 151 Å². The Morgan fingerprint density at radius 3 is 2.17 bits per heavy atom. The highest BCUT2D eigenvalue weighted by molar-refractivity contribution is 7.89. The van der Waals surface area contributed by atoms with E-state index >= 15 is 0 Å². The molecule has 0 saturated heterocycles. The SMILES string of the molecule is CCOc1ccc(S(=O)(=O)N(C)CC(C)(C)CN)cc1OCC.Cl. The predicted octanol–water partition coefficient (Wildman–Crippen LogP) is 2.51. The summed E-state index contributed by atoms with van der Waals surface area (Å²) in [6, 6.07) is 4.67. The third kappa shape index (κ3) is 5.81. The van der Waals surface area contributed by atoms with Crippen molar-refractivity contribution in [2.24, 2.45) is 11.1 Å². The lowest BCUT2D eigenvalue weighted by Crippen LogP contribution is -2.39. The van der Waals surface area contributed by atoms with Crippen molar-refractivity contribution < 1.29 is 17.9 Å². The molecule has 2 N–H and O–H groups in total. The van der Waals surface area contributed by atoms with Crippen LogP contribution in [0.5, 0.6) is 11.5 Å². The first kappa shape index (κ1) is 23.0. The number of benzene rings is 1. The number of ether oxygens (including phenoxy) is 2. The van der Waals surface area contributed by atoms with Crippen molar-refractivity contribution >= 4 is 22.4 Å². The fourth-order valence-corrected chi connectivity index (χ4v) is 3.50. The number of halogens is 1. The average molecular weight is 381 g/mol. The van der Waals surface area contributed by atoms with Crippen LogP contribution in [0.2, 0.25) is 0 Å². The van der Waals surface area contributed by atoms with Crippen molar-refractivity contribution in [1.82, 2.24) is 4.31 Å². The number of hydrogen-bond donors (Lipinski definition) is 1. The Balaban J connectivity index is 0.00000529. The van der Waals surface area contributed by atoms with Gasteiger partial charge in [0.15, 0.2) is 11.5 Å². The monoisotopic (exact) mass is 380 g/mol. The minimum absolute atomic E-state index is 0. The van der Waals surface area contributed by atoms with E-state index < -0.39 is 10.0 Å².